The second-order valence-corrected chi connectivity index (χ2v) is 15.1. The Morgan fingerprint density at radius 1 is 0.830 bits per heavy atom. The quantitative estimate of drug-likeness (QED) is 0.156. The van der Waals surface area contributed by atoms with E-state index in [2.05, 4.69) is 25.5 Å². The minimum atomic E-state index is -0.798. The number of nitrogens with zero attached hydrogens (tertiary/aromatic N) is 4. The van der Waals surface area contributed by atoms with Crippen molar-refractivity contribution in [3.63, 3.8) is 0 Å². The number of carbonyl (C=O) groups excluding carboxylic acids is 2. The van der Waals surface area contributed by atoms with E-state index in [1.165, 1.54) is 0 Å². The van der Waals surface area contributed by atoms with Gasteiger partial charge in [-0.25, -0.2) is 0 Å². The topological polar surface area (TPSA) is 137 Å². The summed E-state index contributed by atoms with van der Waals surface area (Å²) >= 11 is 13.8. The van der Waals surface area contributed by atoms with Crippen molar-refractivity contribution in [2.24, 2.45) is 0 Å². The highest BCUT2D eigenvalue weighted by molar-refractivity contribution is 6.40. The molecule has 5 heterocycles. The Bertz CT molecular complexity index is 2090. The third kappa shape index (κ3) is 7.54. The van der Waals surface area contributed by atoms with Gasteiger partial charge in [-0.15, -0.1) is 0 Å². The molecule has 0 radical (unpaired) electrons. The summed E-state index contributed by atoms with van der Waals surface area (Å²) in [7, 11) is 0. The first-order valence-electron chi connectivity index (χ1n) is 18.2. The van der Waals surface area contributed by atoms with Crippen LogP contribution < -0.4 is 10.6 Å². The third-order valence-electron chi connectivity index (χ3n) is 10.8. The van der Waals surface area contributed by atoms with Gasteiger partial charge in [-0.05, 0) is 91.1 Å². The van der Waals surface area contributed by atoms with Crippen LogP contribution in [0, 0.1) is 0 Å². The van der Waals surface area contributed by atoms with E-state index in [1.807, 2.05) is 17.0 Å². The normalized spacial score (nSPS) is 19.2. The Hall–Kier alpha value is -4.39. The molecule has 3 N–H and O–H groups in total. The van der Waals surface area contributed by atoms with Crippen molar-refractivity contribution in [1.82, 2.24) is 19.8 Å². The molecule has 2 saturated heterocycles. The fourth-order valence-electron chi connectivity index (χ4n) is 7.59. The molecule has 3 fully saturated rings. The summed E-state index contributed by atoms with van der Waals surface area (Å²) in [4.78, 5) is 52.2. The van der Waals surface area contributed by atoms with E-state index in [9.17, 15) is 19.5 Å². The summed E-state index contributed by atoms with van der Waals surface area (Å²) in [5.74, 6) is -1.24. The average molecular weight is 756 g/mol. The number of likely N-dealkylation sites (tertiary alicyclic amines) is 1. The SMILES string of the molecule is O=C(Nc1cccc(-c2cccc(NC(=O)c3cc(C4CC4)c(CN4CCCC[C@H]4C(=O)O)cn3)c2Cl)c1Cl)c1cc2c(cn1)CN(C1COC1)CC2. The summed E-state index contributed by atoms with van der Waals surface area (Å²) in [5.41, 5.74) is 6.79. The van der Waals surface area contributed by atoms with Crippen LogP contribution in [-0.4, -0.2) is 81.0 Å². The molecule has 11 nitrogen and oxygen atoms in total. The summed E-state index contributed by atoms with van der Waals surface area (Å²) in [6, 6.07) is 14.2. The fourth-order valence-corrected chi connectivity index (χ4v) is 8.14. The molecule has 53 heavy (non-hydrogen) atoms. The van der Waals surface area contributed by atoms with Crippen molar-refractivity contribution >= 4 is 52.4 Å². The molecule has 1 aliphatic carbocycles. The Labute approximate surface area is 317 Å². The first kappa shape index (κ1) is 35.6. The van der Waals surface area contributed by atoms with E-state index in [0.29, 0.717) is 58.1 Å². The van der Waals surface area contributed by atoms with Gasteiger partial charge in [-0.3, -0.25) is 34.2 Å². The van der Waals surface area contributed by atoms with Gasteiger partial charge in [-0.2, -0.15) is 0 Å². The van der Waals surface area contributed by atoms with Gasteiger partial charge in [0, 0.05) is 43.2 Å². The van der Waals surface area contributed by atoms with Gasteiger partial charge >= 0.3 is 5.97 Å². The number of amides is 2. The lowest BCUT2D eigenvalue weighted by atomic mass is 9.99. The third-order valence-corrected chi connectivity index (χ3v) is 11.6. The number of aromatic nitrogens is 2. The first-order valence-corrected chi connectivity index (χ1v) is 18.9. The molecule has 4 aromatic rings. The lowest BCUT2D eigenvalue weighted by Crippen LogP contribution is -2.50. The first-order chi connectivity index (χ1) is 25.7. The Morgan fingerprint density at radius 3 is 2.11 bits per heavy atom. The van der Waals surface area contributed by atoms with Crippen LogP contribution in [0.1, 0.15) is 81.3 Å². The summed E-state index contributed by atoms with van der Waals surface area (Å²) in [5, 5.41) is 16.2. The number of nitrogens with one attached hydrogen (secondary N) is 2. The van der Waals surface area contributed by atoms with Crippen LogP contribution >= 0.6 is 23.2 Å². The Kier molecular flexibility index (Phi) is 10.2. The Morgan fingerprint density at radius 2 is 1.49 bits per heavy atom. The van der Waals surface area contributed by atoms with E-state index >= 15 is 0 Å². The van der Waals surface area contributed by atoms with Crippen molar-refractivity contribution in [1.29, 1.82) is 0 Å². The van der Waals surface area contributed by atoms with Crippen LogP contribution in [0.2, 0.25) is 10.0 Å². The number of benzene rings is 2. The number of carboxylic acids is 1. The number of piperidine rings is 1. The van der Waals surface area contributed by atoms with Crippen molar-refractivity contribution < 1.29 is 24.2 Å². The molecule has 0 bridgehead atoms. The molecule has 0 spiro atoms. The fraction of sp³-hybridized carbons (Fsp3) is 0.375. The summed E-state index contributed by atoms with van der Waals surface area (Å²) in [6.45, 7) is 4.45. The van der Waals surface area contributed by atoms with Crippen LogP contribution in [0.15, 0.2) is 60.9 Å². The molecule has 3 aliphatic heterocycles. The number of anilines is 2. The number of rotatable bonds is 10. The Balaban J connectivity index is 0.971. The predicted molar refractivity (Wildman–Crippen MR) is 203 cm³/mol. The lowest BCUT2D eigenvalue weighted by Gasteiger charge is -2.39. The van der Waals surface area contributed by atoms with Crippen molar-refractivity contribution in [2.75, 3.05) is 36.9 Å². The number of carbonyl (C=O) groups is 3. The number of pyridine rings is 2. The number of fused-ring (bicyclic) bond motifs is 1. The molecular formula is C40H40Cl2N6O5. The number of carboxylic acid groups (broad SMARTS) is 1. The molecule has 2 aromatic carbocycles. The number of hydrogen-bond acceptors (Lipinski definition) is 8. The van der Waals surface area contributed by atoms with Crippen LogP contribution in [0.3, 0.4) is 0 Å². The zero-order valence-electron chi connectivity index (χ0n) is 29.1. The van der Waals surface area contributed by atoms with Crippen molar-refractivity contribution in [2.45, 2.75) is 69.6 Å². The van der Waals surface area contributed by atoms with Crippen LogP contribution in [-0.2, 0) is 29.0 Å². The number of ether oxygens (including phenoxy) is 1. The van der Waals surface area contributed by atoms with Gasteiger partial charge < -0.3 is 20.5 Å². The second-order valence-electron chi connectivity index (χ2n) is 14.4. The zero-order valence-corrected chi connectivity index (χ0v) is 30.6. The molecular weight excluding hydrogens is 715 g/mol. The monoisotopic (exact) mass is 754 g/mol. The molecule has 1 saturated carbocycles. The highest BCUT2D eigenvalue weighted by atomic mass is 35.5. The summed E-state index contributed by atoms with van der Waals surface area (Å²) in [6.07, 6.45) is 8.89. The highest BCUT2D eigenvalue weighted by Gasteiger charge is 2.33. The van der Waals surface area contributed by atoms with E-state index in [0.717, 1.165) is 87.2 Å². The van der Waals surface area contributed by atoms with Gasteiger partial charge in [0.1, 0.15) is 17.4 Å². The van der Waals surface area contributed by atoms with Gasteiger partial charge in [0.2, 0.25) is 0 Å². The number of hydrogen-bond donors (Lipinski definition) is 3. The largest absolute Gasteiger partial charge is 0.480 e. The molecule has 2 aromatic heterocycles. The van der Waals surface area contributed by atoms with Gasteiger partial charge in [0.15, 0.2) is 0 Å². The zero-order chi connectivity index (χ0) is 36.6. The minimum Gasteiger partial charge on any atom is -0.480 e. The molecule has 1 atom stereocenters. The van der Waals surface area contributed by atoms with Gasteiger partial charge in [0.25, 0.3) is 11.8 Å². The van der Waals surface area contributed by atoms with Crippen LogP contribution in [0.5, 0.6) is 0 Å². The number of aliphatic carboxylic acids is 1. The standard InChI is InChI=1S/C40H40Cl2N6O5/c41-36-28(5-3-7-31(36)45-38(49)33-15-24-12-14-47(27-21-53-22-27)19-25(24)17-43-33)29-6-4-8-32(37(29)42)46-39(50)34-16-30(23-10-11-23)26(18-44-34)20-48-13-2-1-9-35(48)40(51)52/h3-8,15-18,23,27,35H,1-2,9-14,19-22H2,(H,45,49)(H,46,50)(H,51,52)/t35-/m0/s1. The molecule has 274 valence electrons. The van der Waals surface area contributed by atoms with E-state index in [4.69, 9.17) is 27.9 Å². The molecule has 8 rings (SSSR count). The predicted octanol–water partition coefficient (Wildman–Crippen LogP) is 7.03. The lowest BCUT2D eigenvalue weighted by molar-refractivity contribution is -0.144. The maximum absolute atomic E-state index is 13.6. The smallest absolute Gasteiger partial charge is 0.320 e. The molecule has 13 heteroatoms. The van der Waals surface area contributed by atoms with Crippen molar-refractivity contribution in [3.05, 3.63) is 105 Å². The maximum atomic E-state index is 13.6. The number of halogens is 2. The average Bonchev–Trinajstić information content (AvgIpc) is 3.99. The van der Waals surface area contributed by atoms with Gasteiger partial charge in [0.05, 0.1) is 40.7 Å². The second kappa shape index (κ2) is 15.2. The van der Waals surface area contributed by atoms with E-state index in [1.54, 1.807) is 48.8 Å². The van der Waals surface area contributed by atoms with Gasteiger partial charge in [-0.1, -0.05) is 53.9 Å². The summed E-state index contributed by atoms with van der Waals surface area (Å²) < 4.78 is 5.35. The van der Waals surface area contributed by atoms with Crippen molar-refractivity contribution in [3.8, 4) is 11.1 Å². The van der Waals surface area contributed by atoms with Crippen LogP contribution in [0.25, 0.3) is 11.1 Å². The molecule has 4 aliphatic rings. The van der Waals surface area contributed by atoms with Crippen LogP contribution in [0.4, 0.5) is 11.4 Å². The minimum absolute atomic E-state index is 0.259. The highest BCUT2D eigenvalue weighted by Crippen LogP contribution is 2.43. The van der Waals surface area contributed by atoms with E-state index in [-0.39, 0.29) is 16.6 Å². The maximum Gasteiger partial charge on any atom is 0.320 e. The molecule has 2 amide bonds. The molecule has 0 unspecified atom stereocenters. The van der Waals surface area contributed by atoms with E-state index < -0.39 is 17.9 Å².